The maximum absolute atomic E-state index is 12.3. The lowest BCUT2D eigenvalue weighted by Crippen LogP contribution is -2.15. The summed E-state index contributed by atoms with van der Waals surface area (Å²) in [7, 11) is 2.25. The average molecular weight is 414 g/mol. The second-order valence-electron chi connectivity index (χ2n) is 3.89. The maximum atomic E-state index is 12.3. The molecule has 1 rings (SSSR count). The van der Waals surface area contributed by atoms with E-state index in [-0.39, 0.29) is 32.5 Å². The molecule has 0 bridgehead atoms. The van der Waals surface area contributed by atoms with Crippen molar-refractivity contribution >= 4 is 45.3 Å². The Bertz CT molecular complexity index is 634. The van der Waals surface area contributed by atoms with Crippen LogP contribution in [0.15, 0.2) is 39.3 Å². The first-order valence-electron chi connectivity index (χ1n) is 5.86. The Morgan fingerprint density at radius 3 is 2.39 bits per heavy atom. The summed E-state index contributed by atoms with van der Waals surface area (Å²) in [6.07, 6.45) is 0.872. The molecule has 23 heavy (non-hydrogen) atoms. The first kappa shape index (κ1) is 19.4. The van der Waals surface area contributed by atoms with Crippen molar-refractivity contribution in [2.75, 3.05) is 19.5 Å². The third-order valence-electron chi connectivity index (χ3n) is 2.31. The summed E-state index contributed by atoms with van der Waals surface area (Å²) in [6.45, 7) is 0. The number of thioether (sulfide) groups is 1. The zero-order chi connectivity index (χ0) is 17.6. The van der Waals surface area contributed by atoms with E-state index in [1.165, 1.54) is 18.2 Å². The Kier molecular flexibility index (Phi) is 6.95. The van der Waals surface area contributed by atoms with E-state index in [9.17, 15) is 22.8 Å². The van der Waals surface area contributed by atoms with Gasteiger partial charge >= 0.3 is 17.4 Å². The van der Waals surface area contributed by atoms with E-state index in [2.05, 4.69) is 30.7 Å². The molecule has 0 atom stereocenters. The summed E-state index contributed by atoms with van der Waals surface area (Å²) in [5.74, 6) is -1.63. The fourth-order valence-corrected chi connectivity index (χ4v) is 2.58. The summed E-state index contributed by atoms with van der Waals surface area (Å²) in [5, 5.41) is 2.60. The zero-order valence-corrected chi connectivity index (χ0v) is 14.3. The monoisotopic (exact) mass is 413 g/mol. The number of ether oxygens (including phenoxy) is 2. The lowest BCUT2D eigenvalue weighted by molar-refractivity contribution is -0.138. The highest BCUT2D eigenvalue weighted by atomic mass is 79.9. The van der Waals surface area contributed by atoms with Gasteiger partial charge < -0.3 is 14.8 Å². The van der Waals surface area contributed by atoms with Crippen LogP contribution >= 0.6 is 27.7 Å². The predicted octanol–water partition coefficient (Wildman–Crippen LogP) is 3.70. The smallest absolute Gasteiger partial charge is 0.446 e. The first-order chi connectivity index (χ1) is 10.7. The van der Waals surface area contributed by atoms with Gasteiger partial charge in [0.1, 0.15) is 5.70 Å². The Morgan fingerprint density at radius 2 is 1.91 bits per heavy atom. The van der Waals surface area contributed by atoms with Gasteiger partial charge in [0.15, 0.2) is 0 Å². The number of esters is 2. The number of hydrogen-bond acceptors (Lipinski definition) is 6. The number of benzene rings is 1. The van der Waals surface area contributed by atoms with E-state index >= 15 is 0 Å². The molecule has 0 fully saturated rings. The number of hydrogen-bond donors (Lipinski definition) is 1. The lowest BCUT2D eigenvalue weighted by Gasteiger charge is -2.12. The molecule has 0 radical (unpaired) electrons. The summed E-state index contributed by atoms with van der Waals surface area (Å²) in [5.41, 5.74) is -4.36. The van der Waals surface area contributed by atoms with E-state index in [1.54, 1.807) is 0 Å². The number of rotatable bonds is 5. The minimum Gasteiger partial charge on any atom is -0.466 e. The van der Waals surface area contributed by atoms with Crippen molar-refractivity contribution in [2.45, 2.75) is 10.4 Å². The number of halogens is 4. The molecule has 0 aliphatic heterocycles. The molecule has 1 N–H and O–H groups in total. The molecule has 0 heterocycles. The molecule has 0 spiro atoms. The number of anilines is 1. The van der Waals surface area contributed by atoms with Crippen LogP contribution in [0.1, 0.15) is 0 Å². The maximum Gasteiger partial charge on any atom is 0.446 e. The van der Waals surface area contributed by atoms with Gasteiger partial charge in [0.2, 0.25) is 0 Å². The van der Waals surface area contributed by atoms with E-state index in [0.717, 1.165) is 20.3 Å². The molecule has 10 heteroatoms. The van der Waals surface area contributed by atoms with E-state index in [4.69, 9.17) is 0 Å². The Morgan fingerprint density at radius 1 is 1.26 bits per heavy atom. The molecule has 5 nitrogen and oxygen atoms in total. The second kappa shape index (κ2) is 8.25. The van der Waals surface area contributed by atoms with E-state index in [0.29, 0.717) is 0 Å². The highest BCUT2D eigenvalue weighted by Gasteiger charge is 2.29. The van der Waals surface area contributed by atoms with Crippen molar-refractivity contribution in [3.8, 4) is 0 Å². The molecule has 0 amide bonds. The van der Waals surface area contributed by atoms with Gasteiger partial charge in [-0.15, -0.1) is 0 Å². The van der Waals surface area contributed by atoms with Crippen LogP contribution in [0.2, 0.25) is 0 Å². The molecule has 0 saturated heterocycles. The normalized spacial score (nSPS) is 11.8. The van der Waals surface area contributed by atoms with Crippen LogP contribution in [0.25, 0.3) is 0 Å². The Hall–Kier alpha value is -1.68. The van der Waals surface area contributed by atoms with Gasteiger partial charge in [-0.3, -0.25) is 0 Å². The van der Waals surface area contributed by atoms with Crippen molar-refractivity contribution in [3.05, 3.63) is 34.4 Å². The van der Waals surface area contributed by atoms with Crippen molar-refractivity contribution in [1.29, 1.82) is 0 Å². The third-order valence-corrected chi connectivity index (χ3v) is 3.69. The highest BCUT2D eigenvalue weighted by molar-refractivity contribution is 9.10. The standard InChI is InChI=1S/C13H11BrF3NO4S/c1-21-11(19)6-10(12(20)22-2)18-9-4-3-7(5-8(9)14)23-13(15,16)17/h3-6,18H,1-2H3/b10-6+. The number of methoxy groups -OCH3 is 2. The molecular weight excluding hydrogens is 403 g/mol. The zero-order valence-electron chi connectivity index (χ0n) is 11.9. The van der Waals surface area contributed by atoms with Crippen LogP contribution in [-0.4, -0.2) is 31.7 Å². The van der Waals surface area contributed by atoms with Crippen molar-refractivity contribution < 1.29 is 32.2 Å². The molecular formula is C13H11BrF3NO4S. The summed E-state index contributed by atoms with van der Waals surface area (Å²) < 4.78 is 46.2. The Balaban J connectivity index is 3.03. The summed E-state index contributed by atoms with van der Waals surface area (Å²) >= 11 is 2.83. The average Bonchev–Trinajstić information content (AvgIpc) is 2.46. The van der Waals surface area contributed by atoms with Crippen molar-refractivity contribution in [3.63, 3.8) is 0 Å². The van der Waals surface area contributed by atoms with Crippen LogP contribution in [0, 0.1) is 0 Å². The quantitative estimate of drug-likeness (QED) is 0.451. The van der Waals surface area contributed by atoms with E-state index in [1.807, 2.05) is 0 Å². The SMILES string of the molecule is COC(=O)/C=C(/Nc1ccc(SC(F)(F)F)cc1Br)C(=O)OC. The second-order valence-corrected chi connectivity index (χ2v) is 5.88. The predicted molar refractivity (Wildman–Crippen MR) is 81.8 cm³/mol. The molecule has 126 valence electrons. The van der Waals surface area contributed by atoms with Gasteiger partial charge in [0, 0.05) is 9.37 Å². The summed E-state index contributed by atoms with van der Waals surface area (Å²) in [6, 6.07) is 3.78. The molecule has 0 aromatic heterocycles. The van der Waals surface area contributed by atoms with Crippen molar-refractivity contribution in [2.24, 2.45) is 0 Å². The molecule has 0 saturated carbocycles. The molecule has 1 aromatic carbocycles. The minimum absolute atomic E-state index is 0.0357. The molecule has 0 unspecified atom stereocenters. The number of nitrogens with one attached hydrogen (secondary N) is 1. The van der Waals surface area contributed by atoms with Crippen LogP contribution in [0.3, 0.4) is 0 Å². The largest absolute Gasteiger partial charge is 0.466 e. The molecule has 0 aliphatic rings. The Labute approximate surface area is 142 Å². The first-order valence-corrected chi connectivity index (χ1v) is 7.47. The minimum atomic E-state index is -4.41. The number of alkyl halides is 3. The third kappa shape index (κ3) is 6.53. The topological polar surface area (TPSA) is 64.6 Å². The lowest BCUT2D eigenvalue weighted by atomic mass is 10.3. The summed E-state index contributed by atoms with van der Waals surface area (Å²) in [4.78, 5) is 22.8. The van der Waals surface area contributed by atoms with Crippen LogP contribution in [0.5, 0.6) is 0 Å². The molecule has 1 aromatic rings. The van der Waals surface area contributed by atoms with Crippen LogP contribution in [0.4, 0.5) is 18.9 Å². The van der Waals surface area contributed by atoms with Crippen molar-refractivity contribution in [1.82, 2.24) is 0 Å². The van der Waals surface area contributed by atoms with Crippen LogP contribution in [-0.2, 0) is 19.1 Å². The van der Waals surface area contributed by atoms with Gasteiger partial charge in [-0.05, 0) is 45.9 Å². The molecule has 0 aliphatic carbocycles. The van der Waals surface area contributed by atoms with Crippen LogP contribution < -0.4 is 5.32 Å². The van der Waals surface area contributed by atoms with E-state index < -0.39 is 17.4 Å². The number of carbonyl (C=O) groups is 2. The van der Waals surface area contributed by atoms with Gasteiger partial charge in [0.25, 0.3) is 0 Å². The number of carbonyl (C=O) groups excluding carboxylic acids is 2. The van der Waals surface area contributed by atoms with Gasteiger partial charge in [-0.1, -0.05) is 0 Å². The fourth-order valence-electron chi connectivity index (χ4n) is 1.37. The van der Waals surface area contributed by atoms with Gasteiger partial charge in [0.05, 0.1) is 26.0 Å². The highest BCUT2D eigenvalue weighted by Crippen LogP contribution is 2.39. The van der Waals surface area contributed by atoms with Gasteiger partial charge in [-0.2, -0.15) is 13.2 Å². The fraction of sp³-hybridized carbons (Fsp3) is 0.231. The van der Waals surface area contributed by atoms with Gasteiger partial charge in [-0.25, -0.2) is 9.59 Å².